The topological polar surface area (TPSA) is 66.4 Å². The molecule has 1 aromatic heterocycles. The quantitative estimate of drug-likeness (QED) is 0.877. The summed E-state index contributed by atoms with van der Waals surface area (Å²) in [4.78, 5) is 25.1. The average molecular weight is 295 g/mol. The summed E-state index contributed by atoms with van der Waals surface area (Å²) in [6, 6.07) is 1.98. The van der Waals surface area contributed by atoms with E-state index in [2.05, 4.69) is 12.2 Å². The normalized spacial score (nSPS) is 21.9. The second-order valence-corrected chi connectivity index (χ2v) is 6.72. The highest BCUT2D eigenvalue weighted by atomic mass is 32.1. The number of thiophene rings is 1. The fraction of sp³-hybridized carbons (Fsp3) is 0.600. The van der Waals surface area contributed by atoms with Gasteiger partial charge in [0, 0.05) is 10.9 Å². The average Bonchev–Trinajstić information content (AvgIpc) is 2.98. The van der Waals surface area contributed by atoms with Crippen LogP contribution in [0.1, 0.15) is 52.7 Å². The van der Waals surface area contributed by atoms with E-state index in [1.807, 2.05) is 13.0 Å². The summed E-state index contributed by atoms with van der Waals surface area (Å²) in [5.41, 5.74) is 1.25. The molecule has 1 fully saturated rings. The van der Waals surface area contributed by atoms with Crippen LogP contribution in [-0.2, 0) is 11.2 Å². The smallest absolute Gasteiger partial charge is 0.306 e. The molecule has 110 valence electrons. The van der Waals surface area contributed by atoms with Crippen LogP contribution in [0.25, 0.3) is 0 Å². The first kappa shape index (κ1) is 15.0. The standard InChI is InChI=1S/C15H21NO3S/c1-3-4-10-8-13(20-9(10)2)14(17)16-12-6-5-11(7-12)15(18)19/h8,11-12H,3-7H2,1-2H3,(H,16,17)(H,18,19). The van der Waals surface area contributed by atoms with Crippen molar-refractivity contribution < 1.29 is 14.7 Å². The molecule has 0 spiro atoms. The molecule has 2 rings (SSSR count). The molecule has 0 radical (unpaired) electrons. The van der Waals surface area contributed by atoms with Crippen LogP contribution in [0.5, 0.6) is 0 Å². The molecule has 1 aromatic rings. The molecule has 2 unspecified atom stereocenters. The van der Waals surface area contributed by atoms with Crippen molar-refractivity contribution in [2.24, 2.45) is 5.92 Å². The van der Waals surface area contributed by atoms with Crippen LogP contribution in [0.3, 0.4) is 0 Å². The number of aliphatic carboxylic acids is 1. The van der Waals surface area contributed by atoms with E-state index in [9.17, 15) is 9.59 Å². The van der Waals surface area contributed by atoms with Gasteiger partial charge in [0.1, 0.15) is 0 Å². The zero-order chi connectivity index (χ0) is 14.7. The third-order valence-corrected chi connectivity index (χ3v) is 4.97. The molecule has 1 aliphatic rings. The van der Waals surface area contributed by atoms with Gasteiger partial charge in [0.05, 0.1) is 10.8 Å². The lowest BCUT2D eigenvalue weighted by atomic mass is 10.1. The van der Waals surface area contributed by atoms with E-state index in [0.29, 0.717) is 12.8 Å². The van der Waals surface area contributed by atoms with Gasteiger partial charge in [-0.2, -0.15) is 0 Å². The van der Waals surface area contributed by atoms with Gasteiger partial charge in [0.15, 0.2) is 0 Å². The molecular formula is C15H21NO3S. The van der Waals surface area contributed by atoms with Crippen molar-refractivity contribution >= 4 is 23.2 Å². The van der Waals surface area contributed by atoms with Gasteiger partial charge in [-0.3, -0.25) is 9.59 Å². The van der Waals surface area contributed by atoms with Gasteiger partial charge in [-0.05, 0) is 44.2 Å². The Kier molecular flexibility index (Phi) is 4.81. The number of hydrogen-bond donors (Lipinski definition) is 2. The molecule has 1 amide bonds. The third kappa shape index (κ3) is 3.39. The maximum atomic E-state index is 12.2. The molecule has 4 nitrogen and oxygen atoms in total. The molecule has 0 aromatic carbocycles. The maximum absolute atomic E-state index is 12.2. The zero-order valence-corrected chi connectivity index (χ0v) is 12.8. The Morgan fingerprint density at radius 2 is 2.20 bits per heavy atom. The molecule has 1 saturated carbocycles. The first-order valence-electron chi connectivity index (χ1n) is 7.14. The highest BCUT2D eigenvalue weighted by molar-refractivity contribution is 7.14. The van der Waals surface area contributed by atoms with Crippen LogP contribution in [0.4, 0.5) is 0 Å². The number of amides is 1. The van der Waals surface area contributed by atoms with Gasteiger partial charge in [0.25, 0.3) is 5.91 Å². The Labute approximate surface area is 123 Å². The monoisotopic (exact) mass is 295 g/mol. The van der Waals surface area contributed by atoms with E-state index in [1.54, 1.807) is 0 Å². The van der Waals surface area contributed by atoms with Crippen LogP contribution in [0, 0.1) is 12.8 Å². The number of carboxylic acid groups (broad SMARTS) is 1. The van der Waals surface area contributed by atoms with E-state index >= 15 is 0 Å². The molecule has 1 heterocycles. The number of rotatable bonds is 5. The van der Waals surface area contributed by atoms with Crippen molar-refractivity contribution in [3.8, 4) is 0 Å². The van der Waals surface area contributed by atoms with Crippen molar-refractivity contribution in [3.63, 3.8) is 0 Å². The number of aryl methyl sites for hydroxylation is 2. The fourth-order valence-electron chi connectivity index (χ4n) is 2.74. The minimum Gasteiger partial charge on any atom is -0.481 e. The van der Waals surface area contributed by atoms with Crippen LogP contribution >= 0.6 is 11.3 Å². The Balaban J connectivity index is 1.95. The zero-order valence-electron chi connectivity index (χ0n) is 11.9. The van der Waals surface area contributed by atoms with Crippen LogP contribution in [0.15, 0.2) is 6.07 Å². The predicted octanol–water partition coefficient (Wildman–Crippen LogP) is 2.99. The van der Waals surface area contributed by atoms with Crippen molar-refractivity contribution in [2.75, 3.05) is 0 Å². The first-order valence-corrected chi connectivity index (χ1v) is 7.95. The van der Waals surface area contributed by atoms with E-state index in [-0.39, 0.29) is 17.9 Å². The van der Waals surface area contributed by atoms with Crippen LogP contribution in [-0.4, -0.2) is 23.0 Å². The van der Waals surface area contributed by atoms with E-state index in [1.165, 1.54) is 21.8 Å². The molecule has 0 bridgehead atoms. The Bertz CT molecular complexity index is 509. The highest BCUT2D eigenvalue weighted by Crippen LogP contribution is 2.27. The van der Waals surface area contributed by atoms with E-state index in [4.69, 9.17) is 5.11 Å². The predicted molar refractivity (Wildman–Crippen MR) is 79.3 cm³/mol. The number of hydrogen-bond acceptors (Lipinski definition) is 3. The lowest BCUT2D eigenvalue weighted by Crippen LogP contribution is -2.32. The van der Waals surface area contributed by atoms with Crippen LogP contribution < -0.4 is 5.32 Å². The van der Waals surface area contributed by atoms with E-state index in [0.717, 1.165) is 24.1 Å². The largest absolute Gasteiger partial charge is 0.481 e. The van der Waals surface area contributed by atoms with Gasteiger partial charge >= 0.3 is 5.97 Å². The molecule has 2 N–H and O–H groups in total. The summed E-state index contributed by atoms with van der Waals surface area (Å²) < 4.78 is 0. The summed E-state index contributed by atoms with van der Waals surface area (Å²) in [7, 11) is 0. The van der Waals surface area contributed by atoms with E-state index < -0.39 is 5.97 Å². The Morgan fingerprint density at radius 1 is 1.45 bits per heavy atom. The molecule has 0 aliphatic heterocycles. The second-order valence-electron chi connectivity index (χ2n) is 5.46. The molecule has 0 saturated heterocycles. The molecular weight excluding hydrogens is 274 g/mol. The molecule has 2 atom stereocenters. The SMILES string of the molecule is CCCc1cc(C(=O)NC2CCC(C(=O)O)C2)sc1C. The van der Waals surface area contributed by atoms with Crippen molar-refractivity contribution in [1.29, 1.82) is 0 Å². The minimum absolute atomic E-state index is 0.000585. The summed E-state index contributed by atoms with van der Waals surface area (Å²) in [6.45, 7) is 4.17. The summed E-state index contributed by atoms with van der Waals surface area (Å²) in [5, 5.41) is 11.9. The summed E-state index contributed by atoms with van der Waals surface area (Å²) in [5.74, 6) is -1.11. The molecule has 20 heavy (non-hydrogen) atoms. The van der Waals surface area contributed by atoms with Crippen molar-refractivity contribution in [3.05, 3.63) is 21.4 Å². The molecule has 1 aliphatic carbocycles. The lowest BCUT2D eigenvalue weighted by Gasteiger charge is -2.11. The van der Waals surface area contributed by atoms with Crippen LogP contribution in [0.2, 0.25) is 0 Å². The number of carbonyl (C=O) groups excluding carboxylic acids is 1. The lowest BCUT2D eigenvalue weighted by molar-refractivity contribution is -0.141. The number of carboxylic acids is 1. The number of nitrogens with one attached hydrogen (secondary N) is 1. The van der Waals surface area contributed by atoms with Gasteiger partial charge in [0.2, 0.25) is 0 Å². The Morgan fingerprint density at radius 3 is 2.80 bits per heavy atom. The molecule has 5 heteroatoms. The summed E-state index contributed by atoms with van der Waals surface area (Å²) >= 11 is 1.52. The van der Waals surface area contributed by atoms with Gasteiger partial charge < -0.3 is 10.4 Å². The van der Waals surface area contributed by atoms with Crippen molar-refractivity contribution in [1.82, 2.24) is 5.32 Å². The van der Waals surface area contributed by atoms with Gasteiger partial charge in [-0.1, -0.05) is 13.3 Å². The third-order valence-electron chi connectivity index (χ3n) is 3.88. The second kappa shape index (κ2) is 6.39. The van der Waals surface area contributed by atoms with Gasteiger partial charge in [-0.15, -0.1) is 11.3 Å². The minimum atomic E-state index is -0.751. The maximum Gasteiger partial charge on any atom is 0.306 e. The summed E-state index contributed by atoms with van der Waals surface area (Å²) in [6.07, 6.45) is 4.04. The first-order chi connectivity index (χ1) is 9.51. The Hall–Kier alpha value is -1.36. The fourth-order valence-corrected chi connectivity index (χ4v) is 3.72. The van der Waals surface area contributed by atoms with Crippen molar-refractivity contribution in [2.45, 2.75) is 52.0 Å². The number of carbonyl (C=O) groups is 2. The highest BCUT2D eigenvalue weighted by Gasteiger charge is 2.30. The van der Waals surface area contributed by atoms with Gasteiger partial charge in [-0.25, -0.2) is 0 Å².